The summed E-state index contributed by atoms with van der Waals surface area (Å²) in [6, 6.07) is 17.8. The topological polar surface area (TPSA) is 90.9 Å². The molecule has 2 aromatic rings. The lowest BCUT2D eigenvalue weighted by atomic mass is 9.96. The van der Waals surface area contributed by atoms with E-state index in [1.54, 1.807) is 25.7 Å². The van der Waals surface area contributed by atoms with E-state index < -0.39 is 29.9 Å². The van der Waals surface area contributed by atoms with Gasteiger partial charge in [0.15, 0.2) is 0 Å². The number of carbonyl (C=O) groups is 2. The molecule has 4 atom stereocenters. The molecule has 1 aliphatic heterocycles. The van der Waals surface area contributed by atoms with Gasteiger partial charge in [-0.2, -0.15) is 0 Å². The van der Waals surface area contributed by atoms with Gasteiger partial charge in [-0.25, -0.2) is 4.79 Å². The Morgan fingerprint density at radius 3 is 2.21 bits per heavy atom. The highest BCUT2D eigenvalue weighted by Crippen LogP contribution is 2.22. The lowest BCUT2D eigenvalue weighted by Crippen LogP contribution is -2.55. The number of hydrogen-bond acceptors (Lipinski definition) is 5. The third-order valence-corrected chi connectivity index (χ3v) is 5.63. The number of alkyl carbamates (subject to hydrolysis) is 1. The van der Waals surface area contributed by atoms with Gasteiger partial charge in [-0.3, -0.25) is 10.1 Å². The van der Waals surface area contributed by atoms with Crippen molar-refractivity contribution >= 4 is 12.0 Å². The van der Waals surface area contributed by atoms with Gasteiger partial charge in [0.05, 0.1) is 18.3 Å². The molecule has 7 heteroatoms. The highest BCUT2D eigenvalue weighted by Gasteiger charge is 2.44. The molecule has 7 nitrogen and oxygen atoms in total. The molecular formula is C26H35N3O4. The largest absolute Gasteiger partial charge is 0.444 e. The summed E-state index contributed by atoms with van der Waals surface area (Å²) in [5.74, 6) is -0.178. The average molecular weight is 454 g/mol. The third kappa shape index (κ3) is 6.79. The number of aliphatic hydroxyl groups is 1. The first-order valence-electron chi connectivity index (χ1n) is 11.5. The van der Waals surface area contributed by atoms with E-state index in [4.69, 9.17) is 4.74 Å². The number of benzene rings is 2. The summed E-state index contributed by atoms with van der Waals surface area (Å²) in [6.07, 6.45) is -0.898. The summed E-state index contributed by atoms with van der Waals surface area (Å²) >= 11 is 0. The molecule has 0 radical (unpaired) electrons. The van der Waals surface area contributed by atoms with Gasteiger partial charge < -0.3 is 20.1 Å². The third-order valence-electron chi connectivity index (χ3n) is 5.63. The fourth-order valence-electron chi connectivity index (χ4n) is 4.07. The van der Waals surface area contributed by atoms with Crippen molar-refractivity contribution in [1.82, 2.24) is 15.5 Å². The van der Waals surface area contributed by atoms with Crippen molar-refractivity contribution in [1.29, 1.82) is 0 Å². The van der Waals surface area contributed by atoms with Crippen LogP contribution in [0.25, 0.3) is 0 Å². The van der Waals surface area contributed by atoms with E-state index in [0.717, 1.165) is 11.1 Å². The molecular weight excluding hydrogens is 418 g/mol. The van der Waals surface area contributed by atoms with Crippen LogP contribution in [0.2, 0.25) is 0 Å². The van der Waals surface area contributed by atoms with Crippen molar-refractivity contribution in [2.45, 2.75) is 77.0 Å². The number of nitrogens with one attached hydrogen (secondary N) is 2. The van der Waals surface area contributed by atoms with Gasteiger partial charge in [-0.15, -0.1) is 0 Å². The maximum atomic E-state index is 13.4. The van der Waals surface area contributed by atoms with Gasteiger partial charge in [0.1, 0.15) is 11.6 Å². The summed E-state index contributed by atoms with van der Waals surface area (Å²) in [4.78, 5) is 27.6. The molecule has 1 saturated heterocycles. The lowest BCUT2D eigenvalue weighted by Gasteiger charge is -2.29. The number of aliphatic hydroxyl groups excluding tert-OH is 1. The number of hydrogen-bond donors (Lipinski definition) is 3. The smallest absolute Gasteiger partial charge is 0.407 e. The van der Waals surface area contributed by atoms with Gasteiger partial charge in [-0.1, -0.05) is 67.6 Å². The van der Waals surface area contributed by atoms with Gasteiger partial charge in [0, 0.05) is 6.54 Å². The zero-order valence-electron chi connectivity index (χ0n) is 19.8. The van der Waals surface area contributed by atoms with Crippen LogP contribution in [0.1, 0.15) is 45.2 Å². The van der Waals surface area contributed by atoms with E-state index in [1.165, 1.54) is 0 Å². The van der Waals surface area contributed by atoms with Crippen LogP contribution >= 0.6 is 0 Å². The quantitative estimate of drug-likeness (QED) is 0.571. The van der Waals surface area contributed by atoms with E-state index in [1.807, 2.05) is 67.6 Å². The predicted octanol–water partition coefficient (Wildman–Crippen LogP) is 3.22. The van der Waals surface area contributed by atoms with E-state index >= 15 is 0 Å². The maximum absolute atomic E-state index is 13.4. The first kappa shape index (κ1) is 24.7. The van der Waals surface area contributed by atoms with Crippen LogP contribution in [0.15, 0.2) is 60.7 Å². The fourth-order valence-corrected chi connectivity index (χ4v) is 4.07. The Morgan fingerprint density at radius 1 is 1.09 bits per heavy atom. The summed E-state index contributed by atoms with van der Waals surface area (Å²) in [5.41, 5.74) is 1.29. The number of rotatable bonds is 8. The SMILES string of the molecule is CC[C@H]1NC([C@H](O)[C@H](Cc2ccccc2)NC(=O)OC(C)(C)C)C(=O)N1Cc1ccccc1. The van der Waals surface area contributed by atoms with Gasteiger partial charge >= 0.3 is 6.09 Å². The number of carbonyl (C=O) groups excluding carboxylic acids is 2. The monoisotopic (exact) mass is 453 g/mol. The second-order valence-corrected chi connectivity index (χ2v) is 9.45. The summed E-state index contributed by atoms with van der Waals surface area (Å²) < 4.78 is 5.41. The van der Waals surface area contributed by atoms with Crippen LogP contribution < -0.4 is 10.6 Å². The zero-order chi connectivity index (χ0) is 24.0. The predicted molar refractivity (Wildman–Crippen MR) is 127 cm³/mol. The minimum absolute atomic E-state index is 0.178. The second kappa shape index (κ2) is 10.8. The van der Waals surface area contributed by atoms with Crippen LogP contribution in [0.3, 0.4) is 0 Å². The van der Waals surface area contributed by atoms with Crippen LogP contribution in [-0.4, -0.2) is 52.0 Å². The van der Waals surface area contributed by atoms with Crippen molar-refractivity contribution in [3.8, 4) is 0 Å². The molecule has 3 rings (SSSR count). The molecule has 33 heavy (non-hydrogen) atoms. The zero-order valence-corrected chi connectivity index (χ0v) is 19.8. The van der Waals surface area contributed by atoms with Gasteiger partial charge in [0.25, 0.3) is 0 Å². The molecule has 1 aliphatic rings. The van der Waals surface area contributed by atoms with E-state index in [2.05, 4.69) is 10.6 Å². The Kier molecular flexibility index (Phi) is 8.10. The Bertz CT molecular complexity index is 914. The Hall–Kier alpha value is -2.90. The van der Waals surface area contributed by atoms with Crippen LogP contribution in [0.4, 0.5) is 4.79 Å². The van der Waals surface area contributed by atoms with Crippen molar-refractivity contribution in [3.05, 3.63) is 71.8 Å². The second-order valence-electron chi connectivity index (χ2n) is 9.45. The van der Waals surface area contributed by atoms with Crippen molar-refractivity contribution < 1.29 is 19.4 Å². The van der Waals surface area contributed by atoms with Crippen molar-refractivity contribution in [2.24, 2.45) is 0 Å². The minimum Gasteiger partial charge on any atom is -0.444 e. The highest BCUT2D eigenvalue weighted by molar-refractivity contribution is 5.85. The molecule has 3 N–H and O–H groups in total. The van der Waals surface area contributed by atoms with Crippen molar-refractivity contribution in [3.63, 3.8) is 0 Å². The normalized spacial score (nSPS) is 20.4. The molecule has 178 valence electrons. The fraction of sp³-hybridized carbons (Fsp3) is 0.462. The average Bonchev–Trinajstić information content (AvgIpc) is 3.08. The highest BCUT2D eigenvalue weighted by atomic mass is 16.6. The maximum Gasteiger partial charge on any atom is 0.407 e. The minimum atomic E-state index is -1.14. The summed E-state index contributed by atoms with van der Waals surface area (Å²) in [7, 11) is 0. The first-order valence-corrected chi connectivity index (χ1v) is 11.5. The molecule has 2 amide bonds. The molecule has 1 fully saturated rings. The molecule has 1 unspecified atom stereocenters. The molecule has 2 aromatic carbocycles. The van der Waals surface area contributed by atoms with Crippen molar-refractivity contribution in [2.75, 3.05) is 0 Å². The summed E-state index contributed by atoms with van der Waals surface area (Å²) in [6.45, 7) is 7.80. The van der Waals surface area contributed by atoms with Gasteiger partial charge in [-0.05, 0) is 44.7 Å². The standard InChI is InChI=1S/C26H35N3O4/c1-5-21-28-22(24(31)29(21)17-19-14-10-7-11-15-19)23(30)20(16-18-12-8-6-9-13-18)27-25(32)33-26(2,3)4/h6-15,20-23,28,30H,5,16-17H2,1-4H3,(H,27,32)/t20-,21-,22?,23+/m0/s1. The van der Waals surface area contributed by atoms with Gasteiger partial charge in [0.2, 0.25) is 5.91 Å². The molecule has 1 heterocycles. The molecule has 0 spiro atoms. The number of amides is 2. The van der Waals surface area contributed by atoms with E-state index in [0.29, 0.717) is 19.4 Å². The summed E-state index contributed by atoms with van der Waals surface area (Å²) in [5, 5.41) is 17.4. The molecule has 0 aliphatic carbocycles. The number of ether oxygens (including phenoxy) is 1. The molecule has 0 saturated carbocycles. The van der Waals surface area contributed by atoms with Crippen LogP contribution in [0, 0.1) is 0 Å². The molecule has 0 bridgehead atoms. The van der Waals surface area contributed by atoms with Crippen LogP contribution in [0.5, 0.6) is 0 Å². The Morgan fingerprint density at radius 2 is 1.67 bits per heavy atom. The lowest BCUT2D eigenvalue weighted by molar-refractivity contribution is -0.133. The van der Waals surface area contributed by atoms with E-state index in [-0.39, 0.29) is 12.1 Å². The van der Waals surface area contributed by atoms with Crippen LogP contribution in [-0.2, 0) is 22.5 Å². The number of nitrogens with zero attached hydrogens (tertiary/aromatic N) is 1. The Balaban J connectivity index is 1.79. The van der Waals surface area contributed by atoms with E-state index in [9.17, 15) is 14.7 Å². The first-order chi connectivity index (χ1) is 15.7. The Labute approximate surface area is 196 Å². The molecule has 0 aromatic heterocycles.